The first kappa shape index (κ1) is 11.3. The first-order valence-electron chi connectivity index (χ1n) is 4.71. The van der Waals surface area contributed by atoms with Crippen molar-refractivity contribution in [1.82, 2.24) is 10.3 Å². The van der Waals surface area contributed by atoms with E-state index >= 15 is 0 Å². The molecule has 0 radical (unpaired) electrons. The molecule has 0 saturated heterocycles. The summed E-state index contributed by atoms with van der Waals surface area (Å²) in [5, 5.41) is 5.75. The van der Waals surface area contributed by atoms with E-state index in [0.717, 1.165) is 0 Å². The molecule has 0 aliphatic rings. The van der Waals surface area contributed by atoms with Gasteiger partial charge in [0.25, 0.3) is 0 Å². The molecule has 0 saturated carbocycles. The first-order chi connectivity index (χ1) is 7.24. The predicted molar refractivity (Wildman–Crippen MR) is 58.0 cm³/mol. The number of amides is 1. The standard InChI is InChI=1S/C10H15N3O2/c1-8(14)11-6-7-13-10-9(15-2)4-3-5-12-10/h3-5H,6-7H2,1-2H3,(H,11,14)(H,12,13). The zero-order valence-corrected chi connectivity index (χ0v) is 8.91. The SMILES string of the molecule is COc1cccnc1NCCNC(C)=O. The van der Waals surface area contributed by atoms with Gasteiger partial charge in [0.15, 0.2) is 11.6 Å². The molecule has 15 heavy (non-hydrogen) atoms. The summed E-state index contributed by atoms with van der Waals surface area (Å²) in [7, 11) is 1.59. The lowest BCUT2D eigenvalue weighted by Crippen LogP contribution is -2.26. The monoisotopic (exact) mass is 209 g/mol. The predicted octanol–water partition coefficient (Wildman–Crippen LogP) is 0.638. The van der Waals surface area contributed by atoms with Crippen molar-refractivity contribution >= 4 is 11.7 Å². The molecule has 1 amide bonds. The third kappa shape index (κ3) is 3.84. The van der Waals surface area contributed by atoms with Crippen LogP contribution in [0.3, 0.4) is 0 Å². The Morgan fingerprint density at radius 3 is 3.00 bits per heavy atom. The molecule has 1 aromatic rings. The van der Waals surface area contributed by atoms with Crippen molar-refractivity contribution in [2.24, 2.45) is 0 Å². The number of hydrogen-bond donors (Lipinski definition) is 2. The molecule has 1 aromatic heterocycles. The highest BCUT2D eigenvalue weighted by Gasteiger charge is 2.01. The molecule has 0 bridgehead atoms. The number of rotatable bonds is 5. The highest BCUT2D eigenvalue weighted by atomic mass is 16.5. The maximum Gasteiger partial charge on any atom is 0.216 e. The number of methoxy groups -OCH3 is 1. The van der Waals surface area contributed by atoms with Crippen LogP contribution in [0.1, 0.15) is 6.92 Å². The second-order valence-corrected chi connectivity index (χ2v) is 2.96. The number of anilines is 1. The Hall–Kier alpha value is -1.78. The van der Waals surface area contributed by atoms with Gasteiger partial charge in [-0.25, -0.2) is 4.98 Å². The maximum atomic E-state index is 10.6. The molecule has 1 heterocycles. The molecule has 0 unspecified atom stereocenters. The molecule has 82 valence electrons. The average Bonchev–Trinajstić information content (AvgIpc) is 2.24. The number of hydrogen-bond acceptors (Lipinski definition) is 4. The Labute approximate surface area is 88.9 Å². The van der Waals surface area contributed by atoms with Gasteiger partial charge in [-0.05, 0) is 12.1 Å². The minimum absolute atomic E-state index is 0.0372. The van der Waals surface area contributed by atoms with E-state index in [1.165, 1.54) is 6.92 Å². The van der Waals surface area contributed by atoms with Crippen LogP contribution >= 0.6 is 0 Å². The number of nitrogens with one attached hydrogen (secondary N) is 2. The van der Waals surface area contributed by atoms with Gasteiger partial charge in [-0.2, -0.15) is 0 Å². The van der Waals surface area contributed by atoms with Crippen molar-refractivity contribution in [3.63, 3.8) is 0 Å². The van der Waals surface area contributed by atoms with E-state index in [1.54, 1.807) is 19.4 Å². The largest absolute Gasteiger partial charge is 0.493 e. The Morgan fingerprint density at radius 1 is 1.53 bits per heavy atom. The summed E-state index contributed by atoms with van der Waals surface area (Å²) in [6.07, 6.45) is 1.68. The normalized spacial score (nSPS) is 9.47. The zero-order chi connectivity index (χ0) is 11.1. The molecule has 0 aliphatic heterocycles. The van der Waals surface area contributed by atoms with E-state index in [4.69, 9.17) is 4.74 Å². The highest BCUT2D eigenvalue weighted by molar-refractivity contribution is 5.72. The van der Waals surface area contributed by atoms with Crippen molar-refractivity contribution < 1.29 is 9.53 Å². The van der Waals surface area contributed by atoms with Gasteiger partial charge in [0.2, 0.25) is 5.91 Å². The highest BCUT2D eigenvalue weighted by Crippen LogP contribution is 2.19. The Bertz CT molecular complexity index is 328. The quantitative estimate of drug-likeness (QED) is 0.698. The zero-order valence-electron chi connectivity index (χ0n) is 8.91. The molecule has 5 heteroatoms. The van der Waals surface area contributed by atoms with Crippen LogP contribution in [0.25, 0.3) is 0 Å². The van der Waals surface area contributed by atoms with E-state index in [0.29, 0.717) is 24.7 Å². The van der Waals surface area contributed by atoms with Gasteiger partial charge in [0, 0.05) is 26.2 Å². The second kappa shape index (κ2) is 5.85. The van der Waals surface area contributed by atoms with Crippen LogP contribution in [0.4, 0.5) is 5.82 Å². The van der Waals surface area contributed by atoms with E-state index in [1.807, 2.05) is 6.07 Å². The number of carbonyl (C=O) groups excluding carboxylic acids is 1. The summed E-state index contributed by atoms with van der Waals surface area (Å²) >= 11 is 0. The smallest absolute Gasteiger partial charge is 0.216 e. The minimum atomic E-state index is -0.0372. The molecule has 1 rings (SSSR count). The summed E-state index contributed by atoms with van der Waals surface area (Å²) in [5.74, 6) is 1.34. The van der Waals surface area contributed by atoms with Crippen LogP contribution in [-0.2, 0) is 4.79 Å². The lowest BCUT2D eigenvalue weighted by molar-refractivity contribution is -0.118. The van der Waals surface area contributed by atoms with E-state index in [9.17, 15) is 4.79 Å². The number of carbonyl (C=O) groups is 1. The fraction of sp³-hybridized carbons (Fsp3) is 0.400. The molecule has 0 atom stereocenters. The average molecular weight is 209 g/mol. The van der Waals surface area contributed by atoms with Crippen molar-refractivity contribution in [3.8, 4) is 5.75 Å². The van der Waals surface area contributed by atoms with Crippen molar-refractivity contribution in [2.45, 2.75) is 6.92 Å². The Morgan fingerprint density at radius 2 is 2.33 bits per heavy atom. The topological polar surface area (TPSA) is 63.2 Å². The lowest BCUT2D eigenvalue weighted by Gasteiger charge is -2.09. The van der Waals surface area contributed by atoms with Crippen LogP contribution in [0.15, 0.2) is 18.3 Å². The molecule has 0 aromatic carbocycles. The van der Waals surface area contributed by atoms with Crippen molar-refractivity contribution in [3.05, 3.63) is 18.3 Å². The number of pyridine rings is 1. The van der Waals surface area contributed by atoms with Crippen molar-refractivity contribution in [1.29, 1.82) is 0 Å². The fourth-order valence-corrected chi connectivity index (χ4v) is 1.11. The Balaban J connectivity index is 2.39. The summed E-state index contributed by atoms with van der Waals surface area (Å²) in [6.45, 7) is 2.67. The van der Waals surface area contributed by atoms with Gasteiger partial charge in [-0.1, -0.05) is 0 Å². The van der Waals surface area contributed by atoms with Gasteiger partial charge in [-0.3, -0.25) is 4.79 Å². The molecule has 5 nitrogen and oxygen atoms in total. The van der Waals surface area contributed by atoms with Gasteiger partial charge in [0.05, 0.1) is 7.11 Å². The van der Waals surface area contributed by atoms with E-state index in [2.05, 4.69) is 15.6 Å². The lowest BCUT2D eigenvalue weighted by atomic mass is 10.4. The second-order valence-electron chi connectivity index (χ2n) is 2.96. The van der Waals surface area contributed by atoms with Crippen molar-refractivity contribution in [2.75, 3.05) is 25.5 Å². The summed E-state index contributed by atoms with van der Waals surface area (Å²) < 4.78 is 5.11. The first-order valence-corrected chi connectivity index (χ1v) is 4.71. The molecule has 0 aliphatic carbocycles. The maximum absolute atomic E-state index is 10.6. The van der Waals surface area contributed by atoms with E-state index in [-0.39, 0.29) is 5.91 Å². The van der Waals surface area contributed by atoms with Crippen LogP contribution in [0, 0.1) is 0 Å². The minimum Gasteiger partial charge on any atom is -0.493 e. The Kier molecular flexibility index (Phi) is 4.40. The summed E-state index contributed by atoms with van der Waals surface area (Å²) in [4.78, 5) is 14.7. The van der Waals surface area contributed by atoms with Gasteiger partial charge in [0.1, 0.15) is 0 Å². The third-order valence-electron chi connectivity index (χ3n) is 1.78. The van der Waals surface area contributed by atoms with Crippen LogP contribution in [0.2, 0.25) is 0 Å². The molecular formula is C10H15N3O2. The van der Waals surface area contributed by atoms with Gasteiger partial charge >= 0.3 is 0 Å². The van der Waals surface area contributed by atoms with Gasteiger partial charge < -0.3 is 15.4 Å². The van der Waals surface area contributed by atoms with Crippen LogP contribution in [-0.4, -0.2) is 31.1 Å². The van der Waals surface area contributed by atoms with E-state index < -0.39 is 0 Å². The number of ether oxygens (including phenoxy) is 1. The summed E-state index contributed by atoms with van der Waals surface area (Å²) in [5.41, 5.74) is 0. The van der Waals surface area contributed by atoms with Crippen LogP contribution < -0.4 is 15.4 Å². The molecule has 0 spiro atoms. The molecule has 0 fully saturated rings. The number of nitrogens with zero attached hydrogens (tertiary/aromatic N) is 1. The third-order valence-corrected chi connectivity index (χ3v) is 1.78. The van der Waals surface area contributed by atoms with Gasteiger partial charge in [-0.15, -0.1) is 0 Å². The molecular weight excluding hydrogens is 194 g/mol. The van der Waals surface area contributed by atoms with Crippen LogP contribution in [0.5, 0.6) is 5.75 Å². The molecule has 2 N–H and O–H groups in total. The number of aromatic nitrogens is 1. The fourth-order valence-electron chi connectivity index (χ4n) is 1.11. The summed E-state index contributed by atoms with van der Waals surface area (Å²) in [6, 6.07) is 3.63.